The number of rotatable bonds is 7. The number of hydrogen-bond donors (Lipinski definition) is 0. The maximum absolute atomic E-state index is 5.07. The highest BCUT2D eigenvalue weighted by Gasteiger charge is 2.18. The molecule has 0 saturated carbocycles. The molecule has 1 aromatic rings. The molecule has 1 aliphatic heterocycles. The van der Waals surface area contributed by atoms with Gasteiger partial charge in [0.25, 0.3) is 0 Å². The van der Waals surface area contributed by atoms with Gasteiger partial charge in [0, 0.05) is 32.5 Å². The second-order valence-corrected chi connectivity index (χ2v) is 5.90. The van der Waals surface area contributed by atoms with E-state index >= 15 is 0 Å². The highest BCUT2D eigenvalue weighted by atomic mass is 32.2. The first-order chi connectivity index (χ1) is 8.79. The van der Waals surface area contributed by atoms with E-state index in [4.69, 9.17) is 4.74 Å². The molecular weight excluding hydrogens is 248 g/mol. The van der Waals surface area contributed by atoms with Crippen LogP contribution in [0.4, 0.5) is 0 Å². The molecule has 1 fully saturated rings. The van der Waals surface area contributed by atoms with Crippen LogP contribution in [-0.2, 0) is 11.3 Å². The minimum atomic E-state index is 0.704. The number of methoxy groups -OCH3 is 1. The molecule has 6 heteroatoms. The highest BCUT2D eigenvalue weighted by Crippen LogP contribution is 2.18. The summed E-state index contributed by atoms with van der Waals surface area (Å²) < 4.78 is 7.13. The van der Waals surface area contributed by atoms with E-state index in [1.807, 2.05) is 0 Å². The fourth-order valence-electron chi connectivity index (χ4n) is 2.19. The van der Waals surface area contributed by atoms with Crippen molar-refractivity contribution in [3.63, 3.8) is 0 Å². The Bertz CT molecular complexity index is 358. The van der Waals surface area contributed by atoms with Gasteiger partial charge < -0.3 is 14.2 Å². The Kier molecular flexibility index (Phi) is 5.46. The van der Waals surface area contributed by atoms with Crippen molar-refractivity contribution in [2.24, 2.45) is 5.92 Å². The highest BCUT2D eigenvalue weighted by molar-refractivity contribution is 7.99. The molecule has 18 heavy (non-hydrogen) atoms. The summed E-state index contributed by atoms with van der Waals surface area (Å²) in [5.74, 6) is 1.94. The lowest BCUT2D eigenvalue weighted by Gasteiger charge is -2.14. The molecule has 0 aromatic carbocycles. The van der Waals surface area contributed by atoms with Crippen LogP contribution in [0, 0.1) is 5.92 Å². The molecule has 2 heterocycles. The summed E-state index contributed by atoms with van der Waals surface area (Å²) in [5.41, 5.74) is 0. The van der Waals surface area contributed by atoms with Crippen molar-refractivity contribution < 1.29 is 4.74 Å². The SMILES string of the molecule is COCCn1cnnc1SCCN1CC[C@@H](C)C1. The standard InChI is InChI=1S/C12H22N4OS/c1-11-3-4-15(9-11)6-8-18-12-14-13-10-16(12)5-7-17-2/h10-11H,3-9H2,1-2H3/t11-/m1/s1. The molecule has 1 saturated heterocycles. The lowest BCUT2D eigenvalue weighted by Crippen LogP contribution is -2.23. The zero-order valence-corrected chi connectivity index (χ0v) is 12.0. The topological polar surface area (TPSA) is 43.2 Å². The largest absolute Gasteiger partial charge is 0.383 e. The molecule has 0 aliphatic carbocycles. The Morgan fingerprint density at radius 1 is 1.50 bits per heavy atom. The summed E-state index contributed by atoms with van der Waals surface area (Å²) in [6.45, 7) is 7.50. The van der Waals surface area contributed by atoms with Crippen LogP contribution in [0.2, 0.25) is 0 Å². The summed E-state index contributed by atoms with van der Waals surface area (Å²) in [6.07, 6.45) is 3.12. The van der Waals surface area contributed by atoms with Crippen molar-refractivity contribution in [3.05, 3.63) is 6.33 Å². The Morgan fingerprint density at radius 2 is 2.39 bits per heavy atom. The molecule has 0 bridgehead atoms. The average Bonchev–Trinajstić information content (AvgIpc) is 2.96. The lowest BCUT2D eigenvalue weighted by molar-refractivity contribution is 0.184. The Labute approximate surface area is 113 Å². The molecular formula is C12H22N4OS. The summed E-state index contributed by atoms with van der Waals surface area (Å²) in [5, 5.41) is 9.11. The van der Waals surface area contributed by atoms with Gasteiger partial charge in [-0.1, -0.05) is 18.7 Å². The van der Waals surface area contributed by atoms with Crippen LogP contribution in [0.1, 0.15) is 13.3 Å². The zero-order chi connectivity index (χ0) is 12.8. The number of hydrogen-bond acceptors (Lipinski definition) is 5. The fraction of sp³-hybridized carbons (Fsp3) is 0.833. The average molecular weight is 270 g/mol. The molecule has 0 radical (unpaired) electrons. The third-order valence-corrected chi connectivity index (χ3v) is 4.22. The monoisotopic (exact) mass is 270 g/mol. The van der Waals surface area contributed by atoms with Crippen LogP contribution in [0.25, 0.3) is 0 Å². The number of thioether (sulfide) groups is 1. The van der Waals surface area contributed by atoms with Crippen LogP contribution in [-0.4, -0.2) is 58.8 Å². The van der Waals surface area contributed by atoms with Gasteiger partial charge in [0.05, 0.1) is 6.61 Å². The van der Waals surface area contributed by atoms with Crippen molar-refractivity contribution in [2.45, 2.75) is 25.0 Å². The molecule has 0 N–H and O–H groups in total. The van der Waals surface area contributed by atoms with E-state index in [2.05, 4.69) is 26.6 Å². The minimum absolute atomic E-state index is 0.704. The van der Waals surface area contributed by atoms with Crippen molar-refractivity contribution in [1.82, 2.24) is 19.7 Å². The Morgan fingerprint density at radius 3 is 3.11 bits per heavy atom. The summed E-state index contributed by atoms with van der Waals surface area (Å²) >= 11 is 1.78. The molecule has 2 rings (SSSR count). The number of aromatic nitrogens is 3. The first-order valence-electron chi connectivity index (χ1n) is 6.51. The Balaban J connectivity index is 1.71. The predicted octanol–water partition coefficient (Wildman–Crippen LogP) is 1.36. The van der Waals surface area contributed by atoms with E-state index in [1.54, 1.807) is 25.2 Å². The van der Waals surface area contributed by atoms with Crippen LogP contribution in [0.5, 0.6) is 0 Å². The van der Waals surface area contributed by atoms with Gasteiger partial charge in [0.15, 0.2) is 5.16 Å². The van der Waals surface area contributed by atoms with E-state index in [-0.39, 0.29) is 0 Å². The van der Waals surface area contributed by atoms with Crippen LogP contribution in [0.15, 0.2) is 11.5 Å². The molecule has 1 atom stereocenters. The number of likely N-dealkylation sites (tertiary alicyclic amines) is 1. The predicted molar refractivity (Wildman–Crippen MR) is 72.8 cm³/mol. The minimum Gasteiger partial charge on any atom is -0.383 e. The lowest BCUT2D eigenvalue weighted by atomic mass is 10.2. The van der Waals surface area contributed by atoms with E-state index in [9.17, 15) is 0 Å². The smallest absolute Gasteiger partial charge is 0.191 e. The summed E-state index contributed by atoms with van der Waals surface area (Å²) in [6, 6.07) is 0. The molecule has 0 spiro atoms. The molecule has 0 amide bonds. The fourth-order valence-corrected chi connectivity index (χ4v) is 3.14. The van der Waals surface area contributed by atoms with Gasteiger partial charge >= 0.3 is 0 Å². The molecule has 102 valence electrons. The third-order valence-electron chi connectivity index (χ3n) is 3.26. The molecule has 1 aliphatic rings. The van der Waals surface area contributed by atoms with Gasteiger partial charge in [-0.25, -0.2) is 0 Å². The van der Waals surface area contributed by atoms with Gasteiger partial charge in [0.1, 0.15) is 6.33 Å². The first-order valence-corrected chi connectivity index (χ1v) is 7.50. The van der Waals surface area contributed by atoms with E-state index in [1.165, 1.54) is 19.5 Å². The second kappa shape index (κ2) is 7.11. The first kappa shape index (κ1) is 13.8. The molecule has 5 nitrogen and oxygen atoms in total. The summed E-state index contributed by atoms with van der Waals surface area (Å²) in [4.78, 5) is 2.54. The van der Waals surface area contributed by atoms with Crippen molar-refractivity contribution >= 4 is 11.8 Å². The maximum Gasteiger partial charge on any atom is 0.191 e. The van der Waals surface area contributed by atoms with E-state index < -0.39 is 0 Å². The Hall–Kier alpha value is -0.590. The summed E-state index contributed by atoms with van der Waals surface area (Å²) in [7, 11) is 1.71. The van der Waals surface area contributed by atoms with E-state index in [0.29, 0.717) is 6.61 Å². The van der Waals surface area contributed by atoms with Gasteiger partial charge in [0.2, 0.25) is 0 Å². The quantitative estimate of drug-likeness (QED) is 0.700. The van der Waals surface area contributed by atoms with Crippen LogP contribution >= 0.6 is 11.8 Å². The normalized spacial score (nSPS) is 20.7. The second-order valence-electron chi connectivity index (χ2n) is 4.84. The van der Waals surface area contributed by atoms with Crippen molar-refractivity contribution in [2.75, 3.05) is 39.1 Å². The maximum atomic E-state index is 5.07. The molecule has 1 aromatic heterocycles. The number of nitrogens with zero attached hydrogens (tertiary/aromatic N) is 4. The van der Waals surface area contributed by atoms with E-state index in [0.717, 1.165) is 29.9 Å². The number of ether oxygens (including phenoxy) is 1. The van der Waals surface area contributed by atoms with Crippen molar-refractivity contribution in [1.29, 1.82) is 0 Å². The van der Waals surface area contributed by atoms with Crippen molar-refractivity contribution in [3.8, 4) is 0 Å². The third kappa shape index (κ3) is 3.96. The van der Waals surface area contributed by atoms with Crippen LogP contribution < -0.4 is 0 Å². The van der Waals surface area contributed by atoms with Gasteiger partial charge in [-0.3, -0.25) is 0 Å². The zero-order valence-electron chi connectivity index (χ0n) is 11.2. The van der Waals surface area contributed by atoms with Gasteiger partial charge in [-0.15, -0.1) is 10.2 Å². The van der Waals surface area contributed by atoms with Gasteiger partial charge in [-0.2, -0.15) is 0 Å². The van der Waals surface area contributed by atoms with Gasteiger partial charge in [-0.05, 0) is 18.9 Å². The van der Waals surface area contributed by atoms with Crippen LogP contribution in [0.3, 0.4) is 0 Å². The molecule has 0 unspecified atom stereocenters.